The Morgan fingerprint density at radius 2 is 1.67 bits per heavy atom. The molecular formula is C20H30NO3. The van der Waals surface area contributed by atoms with Crippen molar-refractivity contribution < 1.29 is 9.72 Å². The molecule has 24 heavy (non-hydrogen) atoms. The molecule has 0 aliphatic rings. The van der Waals surface area contributed by atoms with E-state index in [2.05, 4.69) is 19.1 Å². The number of rotatable bonds is 15. The van der Waals surface area contributed by atoms with Gasteiger partial charge in [-0.25, -0.2) is 0 Å². The van der Waals surface area contributed by atoms with Crippen molar-refractivity contribution in [2.45, 2.75) is 71.1 Å². The molecule has 133 valence electrons. The van der Waals surface area contributed by atoms with Crippen LogP contribution in [0.25, 0.3) is 0 Å². The fourth-order valence-corrected chi connectivity index (χ4v) is 2.11. The SMILES string of the molecule is CC/C=C/C/C=C/C/C=C(/C/C=C/CCCCCC[C]=O)[N+](=O)[O-]. The summed E-state index contributed by atoms with van der Waals surface area (Å²) in [6.45, 7) is 2.09. The molecule has 0 aromatic heterocycles. The van der Waals surface area contributed by atoms with Gasteiger partial charge in [-0.05, 0) is 44.6 Å². The zero-order valence-electron chi connectivity index (χ0n) is 14.8. The molecule has 0 spiro atoms. The van der Waals surface area contributed by atoms with Crippen LogP contribution in [0.15, 0.2) is 48.2 Å². The number of unbranched alkanes of at least 4 members (excludes halogenated alkanes) is 5. The molecular weight excluding hydrogens is 302 g/mol. The third-order valence-electron chi connectivity index (χ3n) is 3.46. The number of nitrogens with zero attached hydrogens (tertiary/aromatic N) is 1. The van der Waals surface area contributed by atoms with Crippen LogP contribution in [-0.4, -0.2) is 11.2 Å². The van der Waals surface area contributed by atoms with Crippen LogP contribution in [0.1, 0.15) is 71.1 Å². The normalized spacial score (nSPS) is 12.6. The van der Waals surface area contributed by atoms with Gasteiger partial charge in [0.2, 0.25) is 5.70 Å². The van der Waals surface area contributed by atoms with Crippen LogP contribution in [0.3, 0.4) is 0 Å². The van der Waals surface area contributed by atoms with Crippen molar-refractivity contribution in [3.63, 3.8) is 0 Å². The summed E-state index contributed by atoms with van der Waals surface area (Å²) < 4.78 is 0. The Kier molecular flexibility index (Phi) is 16.0. The van der Waals surface area contributed by atoms with E-state index in [0.29, 0.717) is 19.3 Å². The van der Waals surface area contributed by atoms with Gasteiger partial charge in [0.1, 0.15) is 0 Å². The Labute approximate surface area is 146 Å². The molecule has 1 radical (unpaired) electrons. The maximum atomic E-state index is 11.0. The average molecular weight is 332 g/mol. The van der Waals surface area contributed by atoms with Crippen LogP contribution in [-0.2, 0) is 4.79 Å². The van der Waals surface area contributed by atoms with E-state index < -0.39 is 0 Å². The maximum Gasteiger partial charge on any atom is 0.246 e. The molecule has 4 heteroatoms. The summed E-state index contributed by atoms with van der Waals surface area (Å²) in [6.07, 6.45) is 24.1. The molecule has 0 saturated heterocycles. The van der Waals surface area contributed by atoms with Crippen LogP contribution in [0.4, 0.5) is 0 Å². The predicted octanol–water partition coefficient (Wildman–Crippen LogP) is 5.85. The summed E-state index contributed by atoms with van der Waals surface area (Å²) in [4.78, 5) is 20.8. The van der Waals surface area contributed by atoms with Crippen molar-refractivity contribution in [1.29, 1.82) is 0 Å². The Bertz CT molecular complexity index is 448. The summed E-state index contributed by atoms with van der Waals surface area (Å²) in [5, 5.41) is 11.0. The molecule has 0 N–H and O–H groups in total. The minimum Gasteiger partial charge on any atom is -0.291 e. The van der Waals surface area contributed by atoms with Gasteiger partial charge in [0, 0.05) is 6.42 Å². The van der Waals surface area contributed by atoms with Crippen LogP contribution < -0.4 is 0 Å². The fourth-order valence-electron chi connectivity index (χ4n) is 2.11. The van der Waals surface area contributed by atoms with Gasteiger partial charge in [-0.1, -0.05) is 56.2 Å². The van der Waals surface area contributed by atoms with Gasteiger partial charge in [0.25, 0.3) is 0 Å². The van der Waals surface area contributed by atoms with Crippen molar-refractivity contribution in [3.05, 3.63) is 58.3 Å². The van der Waals surface area contributed by atoms with Crippen LogP contribution in [0.2, 0.25) is 0 Å². The molecule has 0 unspecified atom stereocenters. The molecule has 0 atom stereocenters. The average Bonchev–Trinajstić information content (AvgIpc) is 2.57. The van der Waals surface area contributed by atoms with Crippen molar-refractivity contribution in [3.8, 4) is 0 Å². The Morgan fingerprint density at radius 1 is 0.958 bits per heavy atom. The minimum absolute atomic E-state index is 0.251. The van der Waals surface area contributed by atoms with Crippen molar-refractivity contribution >= 4 is 6.29 Å². The third-order valence-corrected chi connectivity index (χ3v) is 3.46. The third kappa shape index (κ3) is 14.9. The fraction of sp³-hybridized carbons (Fsp3) is 0.550. The lowest BCUT2D eigenvalue weighted by molar-refractivity contribution is -0.427. The van der Waals surface area contributed by atoms with Crippen molar-refractivity contribution in [1.82, 2.24) is 0 Å². The number of hydrogen-bond donors (Lipinski definition) is 0. The highest BCUT2D eigenvalue weighted by Crippen LogP contribution is 2.09. The van der Waals surface area contributed by atoms with E-state index in [9.17, 15) is 14.9 Å². The Morgan fingerprint density at radius 3 is 2.38 bits per heavy atom. The molecule has 0 fully saturated rings. The van der Waals surface area contributed by atoms with E-state index in [-0.39, 0.29) is 10.6 Å². The largest absolute Gasteiger partial charge is 0.291 e. The Balaban J connectivity index is 3.96. The van der Waals surface area contributed by atoms with E-state index in [4.69, 9.17) is 0 Å². The first-order valence-corrected chi connectivity index (χ1v) is 8.85. The van der Waals surface area contributed by atoms with Gasteiger partial charge >= 0.3 is 0 Å². The summed E-state index contributed by atoms with van der Waals surface area (Å²) in [6, 6.07) is 0. The molecule has 0 aromatic rings. The zero-order chi connectivity index (χ0) is 17.9. The summed E-state index contributed by atoms with van der Waals surface area (Å²) >= 11 is 0. The van der Waals surface area contributed by atoms with Crippen LogP contribution in [0.5, 0.6) is 0 Å². The van der Waals surface area contributed by atoms with Crippen molar-refractivity contribution in [2.24, 2.45) is 0 Å². The molecule has 0 rings (SSSR count). The maximum absolute atomic E-state index is 11.0. The predicted molar refractivity (Wildman–Crippen MR) is 100 cm³/mol. The monoisotopic (exact) mass is 332 g/mol. The van der Waals surface area contributed by atoms with Crippen LogP contribution >= 0.6 is 0 Å². The van der Waals surface area contributed by atoms with Crippen LogP contribution in [0, 0.1) is 10.1 Å². The van der Waals surface area contributed by atoms with E-state index in [1.54, 1.807) is 6.08 Å². The number of carbonyl (C=O) groups excluding carboxylic acids is 1. The van der Waals surface area contributed by atoms with Gasteiger partial charge in [-0.2, -0.15) is 0 Å². The molecule has 4 nitrogen and oxygen atoms in total. The second kappa shape index (κ2) is 17.4. The molecule has 0 aliphatic heterocycles. The smallest absolute Gasteiger partial charge is 0.246 e. The second-order valence-corrected chi connectivity index (χ2v) is 5.55. The lowest BCUT2D eigenvalue weighted by Gasteiger charge is -1.96. The molecule has 0 saturated carbocycles. The molecule has 0 aromatic carbocycles. The van der Waals surface area contributed by atoms with E-state index in [1.165, 1.54) is 0 Å². The Hall–Kier alpha value is -1.97. The lowest BCUT2D eigenvalue weighted by Crippen LogP contribution is -1.97. The first-order chi connectivity index (χ1) is 11.7. The van der Waals surface area contributed by atoms with Gasteiger partial charge in [-0.15, -0.1) is 0 Å². The zero-order valence-corrected chi connectivity index (χ0v) is 14.8. The lowest BCUT2D eigenvalue weighted by atomic mass is 10.1. The first kappa shape index (κ1) is 22.0. The highest BCUT2D eigenvalue weighted by Gasteiger charge is 2.06. The quantitative estimate of drug-likeness (QED) is 0.164. The number of hydrogen-bond acceptors (Lipinski definition) is 3. The summed E-state index contributed by atoms with van der Waals surface area (Å²) in [5.74, 6) is 0. The van der Waals surface area contributed by atoms with E-state index >= 15 is 0 Å². The molecule has 0 bridgehead atoms. The summed E-state index contributed by atoms with van der Waals surface area (Å²) in [7, 11) is 0. The topological polar surface area (TPSA) is 60.2 Å². The minimum atomic E-state index is -0.301. The second-order valence-electron chi connectivity index (χ2n) is 5.55. The molecule has 0 heterocycles. The van der Waals surface area contributed by atoms with Crippen molar-refractivity contribution in [2.75, 3.05) is 0 Å². The summed E-state index contributed by atoms with van der Waals surface area (Å²) in [5.41, 5.74) is 0.251. The molecule has 0 aliphatic carbocycles. The van der Waals surface area contributed by atoms with E-state index in [0.717, 1.165) is 44.9 Å². The van der Waals surface area contributed by atoms with Gasteiger partial charge in [0.05, 0.1) is 11.3 Å². The number of allylic oxidation sites excluding steroid dienone is 7. The molecule has 0 amide bonds. The van der Waals surface area contributed by atoms with Gasteiger partial charge in [0.15, 0.2) is 6.29 Å². The highest BCUT2D eigenvalue weighted by molar-refractivity contribution is 5.50. The van der Waals surface area contributed by atoms with E-state index in [1.807, 2.05) is 30.6 Å². The highest BCUT2D eigenvalue weighted by atomic mass is 16.6. The van der Waals surface area contributed by atoms with Gasteiger partial charge in [-0.3, -0.25) is 14.9 Å². The first-order valence-electron chi connectivity index (χ1n) is 8.85. The van der Waals surface area contributed by atoms with Gasteiger partial charge < -0.3 is 0 Å². The number of nitro groups is 1. The standard InChI is InChI=1S/C20H30NO3/c1-2-3-4-5-8-11-14-17-20(21(23)24)18-15-12-9-6-7-10-13-16-19-22/h3-4,8,11-12,15,17H,2,5-7,9-10,13-14,16,18H2,1H3/b4-3+,11-8+,15-12+,20-17-.